The van der Waals surface area contributed by atoms with Crippen molar-refractivity contribution >= 4 is 11.4 Å². The van der Waals surface area contributed by atoms with Crippen LogP contribution in [0.1, 0.15) is 16.7 Å². The van der Waals surface area contributed by atoms with E-state index in [9.17, 15) is 13.2 Å². The minimum Gasteiger partial charge on any atom is -0.355 e. The molecule has 20 heavy (non-hydrogen) atoms. The fourth-order valence-corrected chi connectivity index (χ4v) is 1.84. The number of anilines is 2. The summed E-state index contributed by atoms with van der Waals surface area (Å²) in [4.78, 5) is 0. The molecule has 0 saturated heterocycles. The standard InChI is InChI=1S/C15H11F3N2/c1-10-5-6-13(8-14(10)15(16,17)18)20-12-4-2-3-11(7-12)9-19/h2-8,20H,1H3. The van der Waals surface area contributed by atoms with Crippen LogP contribution in [0.5, 0.6) is 0 Å². The van der Waals surface area contributed by atoms with Crippen molar-refractivity contribution in [1.82, 2.24) is 0 Å². The zero-order valence-electron chi connectivity index (χ0n) is 10.6. The Hall–Kier alpha value is -2.48. The Kier molecular flexibility index (Phi) is 3.66. The Morgan fingerprint density at radius 1 is 1.05 bits per heavy atom. The van der Waals surface area contributed by atoms with E-state index in [2.05, 4.69) is 5.32 Å². The highest BCUT2D eigenvalue weighted by atomic mass is 19.4. The third kappa shape index (κ3) is 3.09. The predicted molar refractivity (Wildman–Crippen MR) is 70.6 cm³/mol. The minimum atomic E-state index is -4.38. The van der Waals surface area contributed by atoms with Gasteiger partial charge in [0.2, 0.25) is 0 Å². The quantitative estimate of drug-likeness (QED) is 0.868. The molecule has 0 fully saturated rings. The van der Waals surface area contributed by atoms with Crippen molar-refractivity contribution in [1.29, 1.82) is 5.26 Å². The van der Waals surface area contributed by atoms with Gasteiger partial charge in [-0.15, -0.1) is 0 Å². The molecule has 0 bridgehead atoms. The molecule has 0 aliphatic carbocycles. The summed E-state index contributed by atoms with van der Waals surface area (Å²) in [7, 11) is 0. The van der Waals surface area contributed by atoms with Gasteiger partial charge in [0.15, 0.2) is 0 Å². The summed E-state index contributed by atoms with van der Waals surface area (Å²) in [6.45, 7) is 1.42. The molecule has 0 saturated carbocycles. The zero-order valence-corrected chi connectivity index (χ0v) is 10.6. The first-order valence-corrected chi connectivity index (χ1v) is 5.85. The Labute approximate surface area is 114 Å². The van der Waals surface area contributed by atoms with Crippen LogP contribution in [0.25, 0.3) is 0 Å². The second-order valence-electron chi connectivity index (χ2n) is 4.35. The average molecular weight is 276 g/mol. The molecule has 0 aliphatic heterocycles. The Balaban J connectivity index is 2.33. The number of nitriles is 1. The molecular formula is C15H11F3N2. The molecule has 0 atom stereocenters. The number of benzene rings is 2. The van der Waals surface area contributed by atoms with Crippen LogP contribution in [-0.2, 0) is 6.18 Å². The molecule has 0 unspecified atom stereocenters. The van der Waals surface area contributed by atoms with E-state index in [1.165, 1.54) is 13.0 Å². The van der Waals surface area contributed by atoms with E-state index < -0.39 is 11.7 Å². The molecule has 0 aliphatic rings. The Bertz CT molecular complexity index is 670. The largest absolute Gasteiger partial charge is 0.416 e. The van der Waals surface area contributed by atoms with Gasteiger partial charge in [-0.3, -0.25) is 0 Å². The van der Waals surface area contributed by atoms with E-state index in [1.807, 2.05) is 6.07 Å². The van der Waals surface area contributed by atoms with Crippen molar-refractivity contribution in [2.24, 2.45) is 0 Å². The van der Waals surface area contributed by atoms with Gasteiger partial charge in [-0.05, 0) is 42.8 Å². The van der Waals surface area contributed by atoms with E-state index >= 15 is 0 Å². The lowest BCUT2D eigenvalue weighted by Crippen LogP contribution is -2.08. The third-order valence-electron chi connectivity index (χ3n) is 2.82. The van der Waals surface area contributed by atoms with Crippen molar-refractivity contribution in [2.45, 2.75) is 13.1 Å². The van der Waals surface area contributed by atoms with Gasteiger partial charge in [0.05, 0.1) is 17.2 Å². The van der Waals surface area contributed by atoms with Crippen molar-refractivity contribution in [3.8, 4) is 6.07 Å². The van der Waals surface area contributed by atoms with Crippen LogP contribution in [0.4, 0.5) is 24.5 Å². The van der Waals surface area contributed by atoms with Crippen LogP contribution in [0.2, 0.25) is 0 Å². The van der Waals surface area contributed by atoms with E-state index in [0.29, 0.717) is 16.9 Å². The second kappa shape index (κ2) is 5.25. The SMILES string of the molecule is Cc1ccc(Nc2cccc(C#N)c2)cc1C(F)(F)F. The Morgan fingerprint density at radius 3 is 2.40 bits per heavy atom. The molecule has 0 aromatic heterocycles. The molecule has 0 spiro atoms. The molecule has 0 amide bonds. The van der Waals surface area contributed by atoms with E-state index in [-0.39, 0.29) is 5.56 Å². The highest BCUT2D eigenvalue weighted by molar-refractivity contribution is 5.62. The summed E-state index contributed by atoms with van der Waals surface area (Å²) >= 11 is 0. The topological polar surface area (TPSA) is 35.8 Å². The molecular weight excluding hydrogens is 265 g/mol. The molecule has 5 heteroatoms. The maximum atomic E-state index is 12.8. The van der Waals surface area contributed by atoms with Gasteiger partial charge in [-0.2, -0.15) is 18.4 Å². The minimum absolute atomic E-state index is 0.175. The maximum Gasteiger partial charge on any atom is 0.416 e. The number of nitrogens with one attached hydrogen (secondary N) is 1. The second-order valence-corrected chi connectivity index (χ2v) is 4.35. The van der Waals surface area contributed by atoms with Gasteiger partial charge < -0.3 is 5.32 Å². The number of hydrogen-bond donors (Lipinski definition) is 1. The summed E-state index contributed by atoms with van der Waals surface area (Å²) in [6, 6.07) is 12.6. The molecule has 0 heterocycles. The highest BCUT2D eigenvalue weighted by Crippen LogP contribution is 2.34. The summed E-state index contributed by atoms with van der Waals surface area (Å²) in [5.41, 5.74) is 0.852. The van der Waals surface area contributed by atoms with Crippen LogP contribution in [0, 0.1) is 18.3 Å². The number of aryl methyl sites for hydroxylation is 1. The van der Waals surface area contributed by atoms with Gasteiger partial charge in [0, 0.05) is 11.4 Å². The van der Waals surface area contributed by atoms with Gasteiger partial charge in [0.25, 0.3) is 0 Å². The van der Waals surface area contributed by atoms with E-state index in [1.54, 1.807) is 30.3 Å². The third-order valence-corrected chi connectivity index (χ3v) is 2.82. The maximum absolute atomic E-state index is 12.8. The molecule has 2 aromatic rings. The molecule has 0 radical (unpaired) electrons. The van der Waals surface area contributed by atoms with Gasteiger partial charge in [0.1, 0.15) is 0 Å². The number of hydrogen-bond acceptors (Lipinski definition) is 2. The van der Waals surface area contributed by atoms with E-state index in [4.69, 9.17) is 5.26 Å². The fourth-order valence-electron chi connectivity index (χ4n) is 1.84. The summed E-state index contributed by atoms with van der Waals surface area (Å²) < 4.78 is 38.4. The lowest BCUT2D eigenvalue weighted by molar-refractivity contribution is -0.138. The molecule has 2 nitrogen and oxygen atoms in total. The summed E-state index contributed by atoms with van der Waals surface area (Å²) in [6.07, 6.45) is -4.38. The number of rotatable bonds is 2. The Morgan fingerprint density at radius 2 is 1.75 bits per heavy atom. The van der Waals surface area contributed by atoms with Gasteiger partial charge >= 0.3 is 6.18 Å². The van der Waals surface area contributed by atoms with Crippen molar-refractivity contribution in [3.63, 3.8) is 0 Å². The van der Waals surface area contributed by atoms with Crippen molar-refractivity contribution in [3.05, 3.63) is 59.2 Å². The lowest BCUT2D eigenvalue weighted by Gasteiger charge is -2.13. The normalized spacial score (nSPS) is 10.9. The highest BCUT2D eigenvalue weighted by Gasteiger charge is 2.32. The molecule has 102 valence electrons. The molecule has 2 aromatic carbocycles. The van der Waals surface area contributed by atoms with Crippen LogP contribution in [-0.4, -0.2) is 0 Å². The lowest BCUT2D eigenvalue weighted by atomic mass is 10.1. The van der Waals surface area contributed by atoms with Crippen molar-refractivity contribution < 1.29 is 13.2 Å². The first-order chi connectivity index (χ1) is 9.40. The monoisotopic (exact) mass is 276 g/mol. The van der Waals surface area contributed by atoms with Crippen LogP contribution in [0.3, 0.4) is 0 Å². The molecule has 2 rings (SSSR count). The van der Waals surface area contributed by atoms with Crippen molar-refractivity contribution in [2.75, 3.05) is 5.32 Å². The number of alkyl halides is 3. The van der Waals surface area contributed by atoms with Crippen LogP contribution < -0.4 is 5.32 Å². The first kappa shape index (κ1) is 13.9. The number of nitrogens with zero attached hydrogens (tertiary/aromatic N) is 1. The summed E-state index contributed by atoms with van der Waals surface area (Å²) in [5.74, 6) is 0. The summed E-state index contributed by atoms with van der Waals surface area (Å²) in [5, 5.41) is 11.7. The fraction of sp³-hybridized carbons (Fsp3) is 0.133. The average Bonchev–Trinajstić information content (AvgIpc) is 2.40. The number of halogens is 3. The van der Waals surface area contributed by atoms with Gasteiger partial charge in [-0.25, -0.2) is 0 Å². The zero-order chi connectivity index (χ0) is 14.8. The smallest absolute Gasteiger partial charge is 0.355 e. The molecule has 1 N–H and O–H groups in total. The van der Waals surface area contributed by atoms with Crippen LogP contribution in [0.15, 0.2) is 42.5 Å². The van der Waals surface area contributed by atoms with Gasteiger partial charge in [-0.1, -0.05) is 12.1 Å². The van der Waals surface area contributed by atoms with Crippen LogP contribution >= 0.6 is 0 Å². The first-order valence-electron chi connectivity index (χ1n) is 5.85. The predicted octanol–water partition coefficient (Wildman–Crippen LogP) is 4.63. The van der Waals surface area contributed by atoms with E-state index in [0.717, 1.165) is 6.07 Å².